The number of nitrogens with zero attached hydrogens (tertiary/aromatic N) is 3. The quantitative estimate of drug-likeness (QED) is 0.230. The highest BCUT2D eigenvalue weighted by Crippen LogP contribution is 2.30. The van der Waals surface area contributed by atoms with E-state index in [1.807, 2.05) is 79.0 Å². The van der Waals surface area contributed by atoms with Gasteiger partial charge in [-0.15, -0.1) is 11.3 Å². The minimum atomic E-state index is -0.0446. The molecule has 3 aromatic carbocycles. The van der Waals surface area contributed by atoms with Crippen LogP contribution in [0.25, 0.3) is 21.6 Å². The van der Waals surface area contributed by atoms with Crippen molar-refractivity contribution in [2.24, 2.45) is 0 Å². The number of hydrogen-bond acceptors (Lipinski definition) is 5. The maximum atomic E-state index is 13.0. The summed E-state index contributed by atoms with van der Waals surface area (Å²) in [4.78, 5) is 26.1. The van der Waals surface area contributed by atoms with E-state index in [4.69, 9.17) is 9.97 Å². The molecule has 1 unspecified atom stereocenters. The molecule has 2 heterocycles. The number of para-hydroxylation sites is 1. The number of carbonyl (C=O) groups excluding carboxylic acids is 1. The molecule has 0 radical (unpaired) electrons. The van der Waals surface area contributed by atoms with Gasteiger partial charge < -0.3 is 10.2 Å². The van der Waals surface area contributed by atoms with E-state index in [0.29, 0.717) is 13.0 Å². The molecule has 0 fully saturated rings. The predicted octanol–water partition coefficient (Wildman–Crippen LogP) is 6.67. The molecule has 186 valence electrons. The van der Waals surface area contributed by atoms with Gasteiger partial charge in [0.15, 0.2) is 5.82 Å². The summed E-state index contributed by atoms with van der Waals surface area (Å²) in [5.74, 6) is 1.61. The van der Waals surface area contributed by atoms with Gasteiger partial charge in [-0.3, -0.25) is 4.79 Å². The topological polar surface area (TPSA) is 58.1 Å². The molecule has 0 aliphatic heterocycles. The van der Waals surface area contributed by atoms with Crippen LogP contribution >= 0.6 is 11.3 Å². The van der Waals surface area contributed by atoms with Gasteiger partial charge in [0.1, 0.15) is 5.82 Å². The Morgan fingerprint density at radius 1 is 0.865 bits per heavy atom. The number of carbonyl (C=O) groups is 1. The van der Waals surface area contributed by atoms with Gasteiger partial charge in [-0.2, -0.15) is 0 Å². The summed E-state index contributed by atoms with van der Waals surface area (Å²) >= 11 is 1.63. The lowest BCUT2D eigenvalue weighted by atomic mass is 10.1. The molecule has 5 rings (SSSR count). The van der Waals surface area contributed by atoms with Crippen molar-refractivity contribution < 1.29 is 4.79 Å². The van der Waals surface area contributed by atoms with Crippen molar-refractivity contribution in [1.29, 1.82) is 0 Å². The minimum Gasteiger partial charge on any atom is -0.355 e. The van der Waals surface area contributed by atoms with E-state index in [9.17, 15) is 4.79 Å². The third-order valence-corrected chi connectivity index (χ3v) is 7.29. The van der Waals surface area contributed by atoms with Crippen LogP contribution in [0.3, 0.4) is 0 Å². The third-order valence-electron chi connectivity index (χ3n) is 6.42. The monoisotopic (exact) mass is 506 g/mol. The molecule has 5 aromatic rings. The Hall–Kier alpha value is -4.03. The first-order valence-electron chi connectivity index (χ1n) is 12.6. The fourth-order valence-electron chi connectivity index (χ4n) is 4.42. The first kappa shape index (κ1) is 24.7. The lowest BCUT2D eigenvalue weighted by Gasteiger charge is -2.26. The number of nitrogens with one attached hydrogen (secondary N) is 1. The first-order chi connectivity index (χ1) is 18.2. The molecule has 0 aliphatic rings. The smallest absolute Gasteiger partial charge is 0.222 e. The largest absolute Gasteiger partial charge is 0.355 e. The summed E-state index contributed by atoms with van der Waals surface area (Å²) < 4.78 is 0. The maximum Gasteiger partial charge on any atom is 0.222 e. The summed E-state index contributed by atoms with van der Waals surface area (Å²) in [7, 11) is 0. The molecule has 1 N–H and O–H groups in total. The van der Waals surface area contributed by atoms with E-state index in [1.165, 1.54) is 5.56 Å². The predicted molar refractivity (Wildman–Crippen MR) is 153 cm³/mol. The average molecular weight is 507 g/mol. The number of rotatable bonds is 10. The fraction of sp³-hybridized carbons (Fsp3) is 0.194. The average Bonchev–Trinajstić information content (AvgIpc) is 3.49. The standard InChI is InChI=1S/C31H30N4OS/c1-23(25-13-6-3-7-14-25)32-29(36)19-21-35(20-18-24-11-4-2-5-12-24)31-26-15-8-9-16-27(26)33-30(34-31)28-17-10-22-37-28/h2-17,22-23H,18-21H2,1H3,(H,32,36). The highest BCUT2D eigenvalue weighted by atomic mass is 32.1. The molecule has 0 spiro atoms. The Morgan fingerprint density at radius 3 is 2.35 bits per heavy atom. The summed E-state index contributed by atoms with van der Waals surface area (Å²) in [5.41, 5.74) is 3.26. The van der Waals surface area contributed by atoms with Crippen LogP contribution in [0.15, 0.2) is 102 Å². The Kier molecular flexibility index (Phi) is 7.87. The van der Waals surface area contributed by atoms with Crippen LogP contribution in [-0.4, -0.2) is 29.0 Å². The molecule has 0 saturated heterocycles. The van der Waals surface area contributed by atoms with Gasteiger partial charge in [-0.1, -0.05) is 78.9 Å². The molecule has 2 aromatic heterocycles. The zero-order chi connectivity index (χ0) is 25.5. The summed E-state index contributed by atoms with van der Waals surface area (Å²) in [5, 5.41) is 6.19. The zero-order valence-corrected chi connectivity index (χ0v) is 21.7. The van der Waals surface area contributed by atoms with E-state index >= 15 is 0 Å². The second-order valence-electron chi connectivity index (χ2n) is 9.04. The molecule has 37 heavy (non-hydrogen) atoms. The van der Waals surface area contributed by atoms with Crippen LogP contribution in [0, 0.1) is 0 Å². The minimum absolute atomic E-state index is 0.0258. The molecule has 1 atom stereocenters. The number of benzene rings is 3. The number of thiophene rings is 1. The van der Waals surface area contributed by atoms with Crippen molar-refractivity contribution in [3.05, 3.63) is 114 Å². The molecule has 6 heteroatoms. The van der Waals surface area contributed by atoms with E-state index in [-0.39, 0.29) is 11.9 Å². The molecular weight excluding hydrogens is 476 g/mol. The molecular formula is C31H30N4OS. The Labute approximate surface area is 221 Å². The van der Waals surface area contributed by atoms with Crippen LogP contribution in [0.1, 0.15) is 30.5 Å². The summed E-state index contributed by atoms with van der Waals surface area (Å²) in [6.45, 7) is 3.33. The summed E-state index contributed by atoms with van der Waals surface area (Å²) in [6, 6.07) is 32.6. The first-order valence-corrected chi connectivity index (χ1v) is 13.5. The van der Waals surface area contributed by atoms with Gasteiger partial charge in [-0.05, 0) is 48.1 Å². The van der Waals surface area contributed by atoms with Crippen molar-refractivity contribution in [3.8, 4) is 10.7 Å². The van der Waals surface area contributed by atoms with Crippen LogP contribution in [-0.2, 0) is 11.2 Å². The van der Waals surface area contributed by atoms with Crippen LogP contribution in [0.4, 0.5) is 5.82 Å². The highest BCUT2D eigenvalue weighted by Gasteiger charge is 2.18. The van der Waals surface area contributed by atoms with E-state index < -0.39 is 0 Å². The highest BCUT2D eigenvalue weighted by molar-refractivity contribution is 7.13. The van der Waals surface area contributed by atoms with Crippen molar-refractivity contribution in [1.82, 2.24) is 15.3 Å². The molecule has 1 amide bonds. The zero-order valence-electron chi connectivity index (χ0n) is 20.9. The number of hydrogen-bond donors (Lipinski definition) is 1. The Morgan fingerprint density at radius 2 is 1.59 bits per heavy atom. The van der Waals surface area contributed by atoms with Crippen LogP contribution < -0.4 is 10.2 Å². The van der Waals surface area contributed by atoms with Crippen molar-refractivity contribution in [3.63, 3.8) is 0 Å². The molecule has 0 bridgehead atoms. The lowest BCUT2D eigenvalue weighted by molar-refractivity contribution is -0.121. The van der Waals surface area contributed by atoms with Crippen molar-refractivity contribution in [2.45, 2.75) is 25.8 Å². The van der Waals surface area contributed by atoms with Gasteiger partial charge in [0.05, 0.1) is 16.4 Å². The van der Waals surface area contributed by atoms with E-state index in [2.05, 4.69) is 40.5 Å². The van der Waals surface area contributed by atoms with E-state index in [1.54, 1.807) is 11.3 Å². The molecule has 0 aliphatic carbocycles. The van der Waals surface area contributed by atoms with Crippen LogP contribution in [0.2, 0.25) is 0 Å². The Bertz CT molecular complexity index is 1440. The third kappa shape index (κ3) is 6.22. The van der Waals surface area contributed by atoms with Crippen LogP contribution in [0.5, 0.6) is 0 Å². The number of aromatic nitrogens is 2. The number of fused-ring (bicyclic) bond motifs is 1. The Balaban J connectivity index is 1.41. The summed E-state index contributed by atoms with van der Waals surface area (Å²) in [6.07, 6.45) is 1.23. The van der Waals surface area contributed by atoms with Gasteiger partial charge in [0.25, 0.3) is 0 Å². The van der Waals surface area contributed by atoms with Gasteiger partial charge in [0.2, 0.25) is 5.91 Å². The normalized spacial score (nSPS) is 11.8. The SMILES string of the molecule is CC(NC(=O)CCN(CCc1ccccc1)c1nc(-c2cccs2)nc2ccccc12)c1ccccc1. The van der Waals surface area contributed by atoms with Crippen molar-refractivity contribution >= 4 is 34.0 Å². The van der Waals surface area contributed by atoms with Gasteiger partial charge >= 0.3 is 0 Å². The van der Waals surface area contributed by atoms with Crippen molar-refractivity contribution in [2.75, 3.05) is 18.0 Å². The van der Waals surface area contributed by atoms with Gasteiger partial charge in [-0.25, -0.2) is 9.97 Å². The second-order valence-corrected chi connectivity index (χ2v) is 9.99. The fourth-order valence-corrected chi connectivity index (χ4v) is 5.08. The molecule has 5 nitrogen and oxygen atoms in total. The second kappa shape index (κ2) is 11.8. The van der Waals surface area contributed by atoms with Gasteiger partial charge in [0, 0.05) is 24.9 Å². The number of anilines is 1. The lowest BCUT2D eigenvalue weighted by Crippen LogP contribution is -2.34. The van der Waals surface area contributed by atoms with E-state index in [0.717, 1.165) is 46.0 Å². The molecule has 0 saturated carbocycles. The number of amides is 1. The maximum absolute atomic E-state index is 13.0.